The Bertz CT molecular complexity index is 1080. The van der Waals surface area contributed by atoms with Crippen LogP contribution in [0.3, 0.4) is 0 Å². The van der Waals surface area contributed by atoms with Crippen LogP contribution in [0.5, 0.6) is 0 Å². The summed E-state index contributed by atoms with van der Waals surface area (Å²) in [5, 5.41) is 3.95. The molecule has 0 radical (unpaired) electrons. The number of benzene rings is 1. The Morgan fingerprint density at radius 3 is 2.70 bits per heavy atom. The van der Waals surface area contributed by atoms with E-state index in [0.29, 0.717) is 17.3 Å². The fourth-order valence-corrected chi connectivity index (χ4v) is 4.39. The molecule has 156 valence electrons. The number of nitrogens with one attached hydrogen (secondary N) is 2. The number of hydrogen-bond donors (Lipinski definition) is 4. The van der Waals surface area contributed by atoms with Gasteiger partial charge >= 0.3 is 0 Å². The van der Waals surface area contributed by atoms with Gasteiger partial charge in [0, 0.05) is 29.0 Å². The largest absolute Gasteiger partial charge is 0.398 e. The van der Waals surface area contributed by atoms with E-state index in [1.807, 2.05) is 25.3 Å². The van der Waals surface area contributed by atoms with Gasteiger partial charge in [0.05, 0.1) is 11.5 Å². The van der Waals surface area contributed by atoms with E-state index in [1.54, 1.807) is 12.1 Å². The lowest BCUT2D eigenvalue weighted by molar-refractivity contribution is -0.118. The predicted octanol–water partition coefficient (Wildman–Crippen LogP) is 3.86. The van der Waals surface area contributed by atoms with Gasteiger partial charge in [-0.05, 0) is 54.7 Å². The Balaban J connectivity index is 1.65. The number of nitrogens with two attached hydrogens (primary N) is 2. The second-order valence-electron chi connectivity index (χ2n) is 8.22. The number of H-pyrrole nitrogens is 1. The number of aryl methyl sites for hydroxylation is 1. The number of aromatic nitrogens is 2. The maximum Gasteiger partial charge on any atom is 0.250 e. The quantitative estimate of drug-likeness (QED) is 0.464. The Morgan fingerprint density at radius 1 is 1.27 bits per heavy atom. The third-order valence-corrected chi connectivity index (χ3v) is 6.14. The Morgan fingerprint density at radius 2 is 2.03 bits per heavy atom. The van der Waals surface area contributed by atoms with Crippen molar-refractivity contribution >= 4 is 34.2 Å². The average molecular weight is 406 g/mol. The highest BCUT2D eigenvalue weighted by Crippen LogP contribution is 2.38. The van der Waals surface area contributed by atoms with Crippen LogP contribution in [0, 0.1) is 12.8 Å². The first-order valence-corrected chi connectivity index (χ1v) is 10.4. The van der Waals surface area contributed by atoms with Crippen LogP contribution >= 0.6 is 0 Å². The summed E-state index contributed by atoms with van der Waals surface area (Å²) < 4.78 is 0. The van der Waals surface area contributed by atoms with Crippen molar-refractivity contribution in [3.63, 3.8) is 0 Å². The molecule has 3 aromatic rings. The molecule has 0 bridgehead atoms. The number of anilines is 2. The average Bonchev–Trinajstić information content (AvgIpc) is 3.37. The molecule has 7 heteroatoms. The lowest BCUT2D eigenvalue weighted by atomic mass is 9.86. The Labute approximate surface area is 175 Å². The second kappa shape index (κ2) is 8.18. The molecule has 2 heterocycles. The minimum Gasteiger partial charge on any atom is -0.398 e. The third-order valence-electron chi connectivity index (χ3n) is 6.14. The molecule has 0 aliphatic heterocycles. The summed E-state index contributed by atoms with van der Waals surface area (Å²) in [5.74, 6) is -0.0144. The van der Waals surface area contributed by atoms with Crippen molar-refractivity contribution in [2.45, 2.75) is 44.9 Å². The maximum absolute atomic E-state index is 13.3. The van der Waals surface area contributed by atoms with E-state index >= 15 is 0 Å². The SMILES string of the molecule is Cc1cc2c(C(CC3CCCC3)C(=O)Nc3ccc(C(N)=O)cn3)c[nH]c2cc1N. The Hall–Kier alpha value is -3.35. The maximum atomic E-state index is 13.3. The molecule has 2 aromatic heterocycles. The summed E-state index contributed by atoms with van der Waals surface area (Å²) in [7, 11) is 0. The zero-order valence-corrected chi connectivity index (χ0v) is 17.1. The summed E-state index contributed by atoms with van der Waals surface area (Å²) in [6.07, 6.45) is 8.85. The molecule has 2 amide bonds. The third kappa shape index (κ3) is 4.01. The summed E-state index contributed by atoms with van der Waals surface area (Å²) in [4.78, 5) is 32.0. The summed E-state index contributed by atoms with van der Waals surface area (Å²) in [6, 6.07) is 7.13. The van der Waals surface area contributed by atoms with Gasteiger partial charge < -0.3 is 21.8 Å². The molecular formula is C23H27N5O2. The fourth-order valence-electron chi connectivity index (χ4n) is 4.39. The van der Waals surface area contributed by atoms with E-state index in [2.05, 4.69) is 15.3 Å². The van der Waals surface area contributed by atoms with E-state index in [-0.39, 0.29) is 11.8 Å². The molecule has 0 saturated heterocycles. The number of fused-ring (bicyclic) bond motifs is 1. The first kappa shape index (κ1) is 19.9. The molecule has 1 unspecified atom stereocenters. The molecular weight excluding hydrogens is 378 g/mol. The van der Waals surface area contributed by atoms with Gasteiger partial charge in [-0.25, -0.2) is 4.98 Å². The first-order chi connectivity index (χ1) is 14.4. The summed E-state index contributed by atoms with van der Waals surface area (Å²) in [5.41, 5.74) is 15.3. The van der Waals surface area contributed by atoms with E-state index in [4.69, 9.17) is 11.5 Å². The smallest absolute Gasteiger partial charge is 0.250 e. The van der Waals surface area contributed by atoms with E-state index in [0.717, 1.165) is 47.0 Å². The fraction of sp³-hybridized carbons (Fsp3) is 0.348. The monoisotopic (exact) mass is 405 g/mol. The highest BCUT2D eigenvalue weighted by Gasteiger charge is 2.29. The molecule has 1 saturated carbocycles. The number of rotatable bonds is 6. The van der Waals surface area contributed by atoms with Crippen molar-refractivity contribution in [3.05, 3.63) is 53.3 Å². The van der Waals surface area contributed by atoms with Gasteiger partial charge in [0.15, 0.2) is 0 Å². The van der Waals surface area contributed by atoms with Crippen molar-refractivity contribution in [2.75, 3.05) is 11.1 Å². The standard InChI is InChI=1S/C23H27N5O2/c1-13-8-16-18(12-26-20(16)10-19(13)24)17(9-14-4-2-3-5-14)23(30)28-21-7-6-15(11-27-21)22(25)29/h6-8,10-12,14,17,26H,2-5,9,24H2,1H3,(H2,25,29)(H,27,28,30). The second-order valence-corrected chi connectivity index (χ2v) is 8.22. The Kier molecular flexibility index (Phi) is 5.44. The normalized spacial score (nSPS) is 15.4. The molecule has 7 nitrogen and oxygen atoms in total. The van der Waals surface area contributed by atoms with Gasteiger partial charge in [0.2, 0.25) is 11.8 Å². The van der Waals surface area contributed by atoms with Crippen LogP contribution < -0.4 is 16.8 Å². The molecule has 0 spiro atoms. The van der Waals surface area contributed by atoms with Crippen LogP contribution in [-0.2, 0) is 4.79 Å². The summed E-state index contributed by atoms with van der Waals surface area (Å²) in [6.45, 7) is 1.97. The number of hydrogen-bond acceptors (Lipinski definition) is 4. The highest BCUT2D eigenvalue weighted by molar-refractivity contribution is 5.99. The van der Waals surface area contributed by atoms with Gasteiger partial charge in [-0.3, -0.25) is 9.59 Å². The molecule has 6 N–H and O–H groups in total. The number of primary amides is 1. The van der Waals surface area contributed by atoms with Crippen LogP contribution in [-0.4, -0.2) is 21.8 Å². The zero-order chi connectivity index (χ0) is 21.3. The van der Waals surface area contributed by atoms with E-state index in [1.165, 1.54) is 19.0 Å². The molecule has 30 heavy (non-hydrogen) atoms. The molecule has 1 aliphatic carbocycles. The zero-order valence-electron chi connectivity index (χ0n) is 17.1. The van der Waals surface area contributed by atoms with Crippen molar-refractivity contribution in [1.82, 2.24) is 9.97 Å². The molecule has 4 rings (SSSR count). The van der Waals surface area contributed by atoms with Crippen LogP contribution in [0.15, 0.2) is 36.7 Å². The molecule has 1 aliphatic rings. The van der Waals surface area contributed by atoms with E-state index in [9.17, 15) is 9.59 Å². The van der Waals surface area contributed by atoms with Crippen molar-refractivity contribution in [2.24, 2.45) is 11.7 Å². The van der Waals surface area contributed by atoms with E-state index < -0.39 is 5.91 Å². The van der Waals surface area contributed by atoms with Gasteiger partial charge in [-0.1, -0.05) is 25.7 Å². The molecule has 1 atom stereocenters. The van der Waals surface area contributed by atoms with Crippen LogP contribution in [0.1, 0.15) is 59.5 Å². The lowest BCUT2D eigenvalue weighted by Gasteiger charge is -2.20. The molecule has 1 aromatic carbocycles. The number of nitrogens with zero attached hydrogens (tertiary/aromatic N) is 1. The first-order valence-electron chi connectivity index (χ1n) is 10.4. The van der Waals surface area contributed by atoms with Crippen LogP contribution in [0.25, 0.3) is 10.9 Å². The van der Waals surface area contributed by atoms with Gasteiger partial charge in [0.1, 0.15) is 5.82 Å². The number of pyridine rings is 1. The van der Waals surface area contributed by atoms with Gasteiger partial charge in [0.25, 0.3) is 0 Å². The van der Waals surface area contributed by atoms with Crippen molar-refractivity contribution in [1.29, 1.82) is 0 Å². The summed E-state index contributed by atoms with van der Waals surface area (Å²) >= 11 is 0. The number of carbonyl (C=O) groups excluding carboxylic acids is 2. The van der Waals surface area contributed by atoms with Crippen LogP contribution in [0.4, 0.5) is 11.5 Å². The lowest BCUT2D eigenvalue weighted by Crippen LogP contribution is -2.23. The van der Waals surface area contributed by atoms with Crippen molar-refractivity contribution in [3.8, 4) is 0 Å². The number of nitrogen functional groups attached to an aromatic ring is 1. The highest BCUT2D eigenvalue weighted by atomic mass is 16.2. The minimum absolute atomic E-state index is 0.100. The van der Waals surface area contributed by atoms with Crippen molar-refractivity contribution < 1.29 is 9.59 Å². The van der Waals surface area contributed by atoms with Gasteiger partial charge in [-0.15, -0.1) is 0 Å². The van der Waals surface area contributed by atoms with Gasteiger partial charge in [-0.2, -0.15) is 0 Å². The number of aromatic amines is 1. The minimum atomic E-state index is -0.548. The topological polar surface area (TPSA) is 127 Å². The predicted molar refractivity (Wildman–Crippen MR) is 118 cm³/mol. The molecule has 1 fully saturated rings. The number of carbonyl (C=O) groups is 2. The van der Waals surface area contributed by atoms with Crippen LogP contribution in [0.2, 0.25) is 0 Å². The number of amides is 2.